The van der Waals surface area contributed by atoms with Crippen molar-refractivity contribution < 1.29 is 9.72 Å². The summed E-state index contributed by atoms with van der Waals surface area (Å²) in [6.45, 7) is 0.879. The van der Waals surface area contributed by atoms with Gasteiger partial charge in [0.25, 0.3) is 0 Å². The van der Waals surface area contributed by atoms with Gasteiger partial charge in [-0.25, -0.2) is 4.98 Å². The average Bonchev–Trinajstić information content (AvgIpc) is 3.27. The van der Waals surface area contributed by atoms with Crippen molar-refractivity contribution in [3.63, 3.8) is 0 Å². The molecule has 0 atom stereocenters. The Morgan fingerprint density at radius 3 is 2.85 bits per heavy atom. The molecule has 2 rings (SSSR count). The molecular formula is C12H13N5O3. The molecule has 0 radical (unpaired) electrons. The third-order valence-electron chi connectivity index (χ3n) is 2.86. The van der Waals surface area contributed by atoms with Crippen molar-refractivity contribution in [3.05, 3.63) is 27.9 Å². The van der Waals surface area contributed by atoms with Crippen LogP contribution in [0, 0.1) is 27.4 Å². The van der Waals surface area contributed by atoms with E-state index in [1.54, 1.807) is 6.07 Å². The molecule has 0 saturated heterocycles. The molecule has 1 saturated carbocycles. The van der Waals surface area contributed by atoms with Gasteiger partial charge >= 0.3 is 5.69 Å². The first-order valence-corrected chi connectivity index (χ1v) is 6.19. The van der Waals surface area contributed by atoms with E-state index in [9.17, 15) is 14.9 Å². The summed E-state index contributed by atoms with van der Waals surface area (Å²) in [5, 5.41) is 25.1. The molecule has 1 fully saturated rings. The highest BCUT2D eigenvalue weighted by atomic mass is 16.6. The summed E-state index contributed by atoms with van der Waals surface area (Å²) in [6, 6.07) is 4.35. The second-order valence-electron chi connectivity index (χ2n) is 4.43. The van der Waals surface area contributed by atoms with Crippen molar-refractivity contribution in [2.75, 3.05) is 18.4 Å². The Kier molecular flexibility index (Phi) is 4.10. The highest BCUT2D eigenvalue weighted by Gasteiger charge is 2.28. The zero-order chi connectivity index (χ0) is 14.5. The van der Waals surface area contributed by atoms with Crippen molar-refractivity contribution in [3.8, 4) is 6.07 Å². The monoisotopic (exact) mass is 275 g/mol. The van der Waals surface area contributed by atoms with E-state index in [0.29, 0.717) is 18.9 Å². The Balaban J connectivity index is 1.85. The molecular weight excluding hydrogens is 262 g/mol. The molecule has 1 heterocycles. The summed E-state index contributed by atoms with van der Waals surface area (Å²) < 4.78 is 0. The van der Waals surface area contributed by atoms with Gasteiger partial charge in [-0.2, -0.15) is 5.26 Å². The van der Waals surface area contributed by atoms with Gasteiger partial charge in [-0.3, -0.25) is 14.9 Å². The number of nitriles is 1. The summed E-state index contributed by atoms with van der Waals surface area (Å²) in [4.78, 5) is 25.2. The topological polar surface area (TPSA) is 121 Å². The quantitative estimate of drug-likeness (QED) is 0.450. The summed E-state index contributed by atoms with van der Waals surface area (Å²) in [7, 11) is 0. The number of anilines is 1. The number of carbonyl (C=O) groups excluding carboxylic acids is 1. The van der Waals surface area contributed by atoms with Crippen molar-refractivity contribution >= 4 is 17.4 Å². The number of hydrogen-bond donors (Lipinski definition) is 2. The fraction of sp³-hybridized carbons (Fsp3) is 0.417. The first-order valence-electron chi connectivity index (χ1n) is 6.19. The van der Waals surface area contributed by atoms with Gasteiger partial charge in [-0.1, -0.05) is 0 Å². The van der Waals surface area contributed by atoms with E-state index in [1.807, 2.05) is 0 Å². The van der Waals surface area contributed by atoms with Crippen LogP contribution in [0.2, 0.25) is 0 Å². The van der Waals surface area contributed by atoms with Crippen LogP contribution < -0.4 is 10.6 Å². The smallest absolute Gasteiger partial charge is 0.305 e. The van der Waals surface area contributed by atoms with Gasteiger partial charge in [-0.15, -0.1) is 0 Å². The van der Waals surface area contributed by atoms with E-state index in [2.05, 4.69) is 15.6 Å². The zero-order valence-corrected chi connectivity index (χ0v) is 10.6. The number of hydrogen-bond acceptors (Lipinski definition) is 6. The number of carbonyl (C=O) groups is 1. The van der Waals surface area contributed by atoms with Crippen LogP contribution in [0.5, 0.6) is 0 Å². The third-order valence-corrected chi connectivity index (χ3v) is 2.86. The maximum atomic E-state index is 11.4. The SMILES string of the molecule is N#Cc1nc(NCCNC(=O)C2CC2)ccc1[N+](=O)[O-]. The van der Waals surface area contributed by atoms with E-state index in [-0.39, 0.29) is 23.2 Å². The maximum absolute atomic E-state index is 11.4. The molecule has 0 unspecified atom stereocenters. The predicted molar refractivity (Wildman–Crippen MR) is 69.8 cm³/mol. The minimum Gasteiger partial charge on any atom is -0.368 e. The summed E-state index contributed by atoms with van der Waals surface area (Å²) in [6.07, 6.45) is 1.91. The molecule has 1 aromatic heterocycles. The Morgan fingerprint density at radius 2 is 2.25 bits per heavy atom. The third kappa shape index (κ3) is 3.41. The molecule has 0 bridgehead atoms. The fourth-order valence-electron chi connectivity index (χ4n) is 1.65. The fourth-order valence-corrected chi connectivity index (χ4v) is 1.65. The molecule has 1 aromatic rings. The highest BCUT2D eigenvalue weighted by molar-refractivity contribution is 5.80. The largest absolute Gasteiger partial charge is 0.368 e. The number of amides is 1. The van der Waals surface area contributed by atoms with E-state index in [1.165, 1.54) is 12.1 Å². The van der Waals surface area contributed by atoms with Gasteiger partial charge in [0, 0.05) is 25.1 Å². The number of nitro groups is 1. The van der Waals surface area contributed by atoms with Crippen LogP contribution in [-0.2, 0) is 4.79 Å². The molecule has 8 nitrogen and oxygen atoms in total. The van der Waals surface area contributed by atoms with Crippen molar-refractivity contribution in [1.82, 2.24) is 10.3 Å². The van der Waals surface area contributed by atoms with Crippen molar-refractivity contribution in [2.24, 2.45) is 5.92 Å². The highest BCUT2D eigenvalue weighted by Crippen LogP contribution is 2.28. The van der Waals surface area contributed by atoms with Crippen LogP contribution in [-0.4, -0.2) is 28.9 Å². The predicted octanol–water partition coefficient (Wildman–Crippen LogP) is 0.800. The molecule has 0 aromatic carbocycles. The van der Waals surface area contributed by atoms with Gasteiger partial charge in [0.2, 0.25) is 11.6 Å². The van der Waals surface area contributed by atoms with Crippen LogP contribution in [0.15, 0.2) is 12.1 Å². The molecule has 8 heteroatoms. The minimum absolute atomic E-state index is 0.0566. The summed E-state index contributed by atoms with van der Waals surface area (Å²) in [5.74, 6) is 0.590. The van der Waals surface area contributed by atoms with Crippen molar-refractivity contribution in [1.29, 1.82) is 5.26 Å². The number of nitrogens with one attached hydrogen (secondary N) is 2. The van der Waals surface area contributed by atoms with Gasteiger partial charge < -0.3 is 10.6 Å². The Bertz CT molecular complexity index is 577. The van der Waals surface area contributed by atoms with Crippen LogP contribution in [0.1, 0.15) is 18.5 Å². The molecule has 2 N–H and O–H groups in total. The average molecular weight is 275 g/mol. The van der Waals surface area contributed by atoms with Crippen LogP contribution in [0.4, 0.5) is 11.5 Å². The molecule has 1 aliphatic rings. The summed E-state index contributed by atoms with van der Waals surface area (Å²) in [5.41, 5.74) is -0.554. The lowest BCUT2D eigenvalue weighted by Crippen LogP contribution is -2.29. The Labute approximate surface area is 115 Å². The number of aromatic nitrogens is 1. The van der Waals surface area contributed by atoms with Gasteiger partial charge in [-0.05, 0) is 18.9 Å². The standard InChI is InChI=1S/C12H13N5O3/c13-7-9-10(17(19)20)3-4-11(16-9)14-5-6-15-12(18)8-1-2-8/h3-4,8H,1-2,5-6H2,(H,14,16)(H,15,18). The number of rotatable bonds is 6. The first kappa shape index (κ1) is 13.7. The normalized spacial score (nSPS) is 13.3. The second kappa shape index (κ2) is 5.97. The maximum Gasteiger partial charge on any atom is 0.305 e. The molecule has 20 heavy (non-hydrogen) atoms. The minimum atomic E-state index is -0.648. The molecule has 1 aliphatic carbocycles. The number of nitrogens with zero attached hydrogens (tertiary/aromatic N) is 3. The van der Waals surface area contributed by atoms with Gasteiger partial charge in [0.15, 0.2) is 0 Å². The van der Waals surface area contributed by atoms with Gasteiger partial charge in [0.1, 0.15) is 11.9 Å². The number of pyridine rings is 1. The Morgan fingerprint density at radius 1 is 1.50 bits per heavy atom. The first-order chi connectivity index (χ1) is 9.61. The van der Waals surface area contributed by atoms with Crippen LogP contribution in [0.3, 0.4) is 0 Å². The molecule has 0 aliphatic heterocycles. The lowest BCUT2D eigenvalue weighted by atomic mass is 10.3. The molecule has 1 amide bonds. The van der Waals surface area contributed by atoms with Crippen LogP contribution >= 0.6 is 0 Å². The van der Waals surface area contributed by atoms with Gasteiger partial charge in [0.05, 0.1) is 4.92 Å². The lowest BCUT2D eigenvalue weighted by molar-refractivity contribution is -0.385. The van der Waals surface area contributed by atoms with Crippen LogP contribution in [0.25, 0.3) is 0 Å². The summed E-state index contributed by atoms with van der Waals surface area (Å²) >= 11 is 0. The van der Waals surface area contributed by atoms with E-state index >= 15 is 0 Å². The molecule has 104 valence electrons. The zero-order valence-electron chi connectivity index (χ0n) is 10.6. The lowest BCUT2D eigenvalue weighted by Gasteiger charge is -2.07. The second-order valence-corrected chi connectivity index (χ2v) is 4.43. The molecule has 0 spiro atoms. The van der Waals surface area contributed by atoms with E-state index < -0.39 is 4.92 Å². The van der Waals surface area contributed by atoms with Crippen molar-refractivity contribution in [2.45, 2.75) is 12.8 Å². The Hall–Kier alpha value is -2.69. The van der Waals surface area contributed by atoms with E-state index in [4.69, 9.17) is 5.26 Å². The van der Waals surface area contributed by atoms with E-state index in [0.717, 1.165) is 12.8 Å².